The lowest BCUT2D eigenvalue weighted by atomic mass is 10.1. The van der Waals surface area contributed by atoms with Crippen LogP contribution in [0.15, 0.2) is 35.5 Å². The summed E-state index contributed by atoms with van der Waals surface area (Å²) in [6, 6.07) is 7.52. The molecule has 28 heavy (non-hydrogen) atoms. The monoisotopic (exact) mass is 403 g/mol. The van der Waals surface area contributed by atoms with Gasteiger partial charge in [0.15, 0.2) is 5.84 Å². The summed E-state index contributed by atoms with van der Waals surface area (Å²) in [5, 5.41) is 15.7. The van der Waals surface area contributed by atoms with Crippen molar-refractivity contribution in [3.05, 3.63) is 62.2 Å². The first-order chi connectivity index (χ1) is 13.3. The maximum Gasteiger partial charge on any atom is 0.338 e. The smallest absolute Gasteiger partial charge is 0.338 e. The first kappa shape index (κ1) is 19.6. The van der Waals surface area contributed by atoms with Crippen molar-refractivity contribution < 1.29 is 19.3 Å². The van der Waals surface area contributed by atoms with E-state index in [0.717, 1.165) is 24.0 Å². The van der Waals surface area contributed by atoms with E-state index >= 15 is 0 Å². The number of amidine groups is 1. The zero-order valence-electron chi connectivity index (χ0n) is 15.3. The van der Waals surface area contributed by atoms with E-state index in [1.165, 1.54) is 18.2 Å². The Morgan fingerprint density at radius 2 is 1.89 bits per heavy atom. The standard InChI is InChI=1S/C19H18ClN3O5/c1-10-7-14(8-11(2)17(10)20)27-16-6-5-13(9-15(16)23(25)26)18(21)22-28-19(24)12-3-4-12/h5-9,12H,3-4H2,1-2H3,(H2,21,22). The molecule has 1 aliphatic rings. The van der Waals surface area contributed by atoms with Crippen molar-refractivity contribution in [3.8, 4) is 11.5 Å². The molecule has 0 spiro atoms. The molecule has 0 bridgehead atoms. The molecule has 3 rings (SSSR count). The van der Waals surface area contributed by atoms with Crippen LogP contribution in [0.3, 0.4) is 0 Å². The first-order valence-electron chi connectivity index (χ1n) is 8.54. The Bertz CT molecular complexity index is 963. The maximum atomic E-state index is 11.5. The van der Waals surface area contributed by atoms with E-state index in [1.54, 1.807) is 12.1 Å². The highest BCUT2D eigenvalue weighted by Crippen LogP contribution is 2.35. The van der Waals surface area contributed by atoms with Crippen LogP contribution in [-0.4, -0.2) is 16.7 Å². The molecule has 0 aliphatic heterocycles. The lowest BCUT2D eigenvalue weighted by Crippen LogP contribution is -2.16. The fourth-order valence-electron chi connectivity index (χ4n) is 2.54. The number of carbonyl (C=O) groups is 1. The van der Waals surface area contributed by atoms with Crippen molar-refractivity contribution in [2.75, 3.05) is 0 Å². The second-order valence-corrected chi connectivity index (χ2v) is 6.95. The largest absolute Gasteiger partial charge is 0.450 e. The van der Waals surface area contributed by atoms with Gasteiger partial charge >= 0.3 is 11.7 Å². The third kappa shape index (κ3) is 4.40. The summed E-state index contributed by atoms with van der Waals surface area (Å²) in [5.74, 6) is -0.256. The topological polar surface area (TPSA) is 117 Å². The van der Waals surface area contributed by atoms with Crippen LogP contribution in [0.5, 0.6) is 11.5 Å². The van der Waals surface area contributed by atoms with E-state index in [1.807, 2.05) is 13.8 Å². The number of hydrogen-bond acceptors (Lipinski definition) is 6. The van der Waals surface area contributed by atoms with Gasteiger partial charge in [0.1, 0.15) is 5.75 Å². The second kappa shape index (κ2) is 7.85. The molecule has 1 saturated carbocycles. The van der Waals surface area contributed by atoms with Gasteiger partial charge in [0.2, 0.25) is 5.75 Å². The minimum atomic E-state index is -0.585. The number of rotatable bonds is 6. The van der Waals surface area contributed by atoms with Crippen molar-refractivity contribution >= 4 is 29.1 Å². The summed E-state index contributed by atoms with van der Waals surface area (Å²) in [6.45, 7) is 3.64. The minimum absolute atomic E-state index is 0.0395. The van der Waals surface area contributed by atoms with Crippen molar-refractivity contribution in [2.24, 2.45) is 16.8 Å². The van der Waals surface area contributed by atoms with Gasteiger partial charge in [-0.25, -0.2) is 4.79 Å². The highest BCUT2D eigenvalue weighted by molar-refractivity contribution is 6.32. The molecule has 0 radical (unpaired) electrons. The second-order valence-electron chi connectivity index (χ2n) is 6.57. The molecule has 1 fully saturated rings. The minimum Gasteiger partial charge on any atom is -0.450 e. The Balaban J connectivity index is 1.85. The third-order valence-electron chi connectivity index (χ3n) is 4.23. The summed E-state index contributed by atoms with van der Waals surface area (Å²) in [4.78, 5) is 27.2. The highest BCUT2D eigenvalue weighted by Gasteiger charge is 2.32. The molecular weight excluding hydrogens is 386 g/mol. The summed E-state index contributed by atoms with van der Waals surface area (Å²) >= 11 is 6.14. The van der Waals surface area contributed by atoms with Gasteiger partial charge in [-0.15, -0.1) is 0 Å². The molecule has 146 valence electrons. The zero-order valence-corrected chi connectivity index (χ0v) is 16.0. The van der Waals surface area contributed by atoms with Crippen LogP contribution in [0.1, 0.15) is 29.5 Å². The molecule has 0 unspecified atom stereocenters. The van der Waals surface area contributed by atoms with Gasteiger partial charge in [-0.3, -0.25) is 10.1 Å². The Morgan fingerprint density at radius 3 is 2.46 bits per heavy atom. The number of benzene rings is 2. The Morgan fingerprint density at radius 1 is 1.25 bits per heavy atom. The lowest BCUT2D eigenvalue weighted by Gasteiger charge is -2.10. The normalized spacial score (nSPS) is 13.9. The quantitative estimate of drug-likeness (QED) is 0.253. The number of carbonyl (C=O) groups excluding carboxylic acids is 1. The molecule has 1 aliphatic carbocycles. The molecule has 9 heteroatoms. The predicted octanol–water partition coefficient (Wildman–Crippen LogP) is 4.23. The van der Waals surface area contributed by atoms with Crippen LogP contribution in [0.2, 0.25) is 5.02 Å². The van der Waals surface area contributed by atoms with Gasteiger partial charge in [-0.1, -0.05) is 16.8 Å². The van der Waals surface area contributed by atoms with Crippen molar-refractivity contribution in [3.63, 3.8) is 0 Å². The summed E-state index contributed by atoms with van der Waals surface area (Å²) < 4.78 is 5.69. The van der Waals surface area contributed by atoms with Gasteiger partial charge in [-0.2, -0.15) is 0 Å². The summed E-state index contributed by atoms with van der Waals surface area (Å²) in [6.07, 6.45) is 1.55. The number of nitrogens with zero attached hydrogens (tertiary/aromatic N) is 2. The van der Waals surface area contributed by atoms with Gasteiger partial charge < -0.3 is 15.3 Å². The molecule has 0 heterocycles. The van der Waals surface area contributed by atoms with Gasteiger partial charge in [0.25, 0.3) is 0 Å². The molecular formula is C19H18ClN3O5. The van der Waals surface area contributed by atoms with E-state index in [0.29, 0.717) is 10.8 Å². The van der Waals surface area contributed by atoms with Crippen molar-refractivity contribution in [1.82, 2.24) is 0 Å². The number of halogens is 1. The summed E-state index contributed by atoms with van der Waals surface area (Å²) in [5.41, 5.74) is 7.32. The molecule has 2 aromatic carbocycles. The van der Waals surface area contributed by atoms with Crippen LogP contribution in [-0.2, 0) is 9.63 Å². The maximum absolute atomic E-state index is 11.5. The average molecular weight is 404 g/mol. The number of nitro benzene ring substituents is 1. The Labute approximate surface area is 166 Å². The molecule has 8 nitrogen and oxygen atoms in total. The van der Waals surface area contributed by atoms with Crippen molar-refractivity contribution in [2.45, 2.75) is 26.7 Å². The predicted molar refractivity (Wildman–Crippen MR) is 104 cm³/mol. The van der Waals surface area contributed by atoms with Crippen LogP contribution >= 0.6 is 11.6 Å². The van der Waals surface area contributed by atoms with Crippen LogP contribution < -0.4 is 10.5 Å². The van der Waals surface area contributed by atoms with Gasteiger partial charge in [-0.05, 0) is 62.1 Å². The van der Waals surface area contributed by atoms with Crippen LogP contribution in [0.25, 0.3) is 0 Å². The van der Waals surface area contributed by atoms with E-state index < -0.39 is 10.9 Å². The van der Waals surface area contributed by atoms with E-state index in [-0.39, 0.29) is 28.8 Å². The third-order valence-corrected chi connectivity index (χ3v) is 4.83. The number of aryl methyl sites for hydroxylation is 2. The molecule has 0 amide bonds. The highest BCUT2D eigenvalue weighted by atomic mass is 35.5. The number of nitrogens with two attached hydrogens (primary N) is 1. The number of hydrogen-bond donors (Lipinski definition) is 1. The fraction of sp³-hybridized carbons (Fsp3) is 0.263. The Kier molecular flexibility index (Phi) is 5.51. The molecule has 0 saturated heterocycles. The van der Waals surface area contributed by atoms with E-state index in [4.69, 9.17) is 26.9 Å². The van der Waals surface area contributed by atoms with Gasteiger partial charge in [0.05, 0.1) is 10.8 Å². The average Bonchev–Trinajstić information content (AvgIpc) is 3.49. The molecule has 0 aromatic heterocycles. The molecule has 2 N–H and O–H groups in total. The van der Waals surface area contributed by atoms with E-state index in [9.17, 15) is 14.9 Å². The molecule has 0 atom stereocenters. The van der Waals surface area contributed by atoms with E-state index in [2.05, 4.69) is 5.16 Å². The SMILES string of the molecule is Cc1cc(Oc2ccc(C(N)=NOC(=O)C3CC3)cc2[N+](=O)[O-])cc(C)c1Cl. The lowest BCUT2D eigenvalue weighted by molar-refractivity contribution is -0.385. The van der Waals surface area contributed by atoms with Crippen LogP contribution in [0, 0.1) is 29.9 Å². The fourth-order valence-corrected chi connectivity index (χ4v) is 2.65. The first-order valence-corrected chi connectivity index (χ1v) is 8.91. The van der Waals surface area contributed by atoms with Crippen molar-refractivity contribution in [1.29, 1.82) is 0 Å². The summed E-state index contributed by atoms with van der Waals surface area (Å²) in [7, 11) is 0. The zero-order chi connectivity index (χ0) is 20.4. The number of oxime groups is 1. The number of ether oxygens (including phenoxy) is 1. The Hall–Kier alpha value is -3.13. The van der Waals surface area contributed by atoms with Crippen LogP contribution in [0.4, 0.5) is 5.69 Å². The molecule has 2 aromatic rings. The van der Waals surface area contributed by atoms with Gasteiger partial charge in [0, 0.05) is 16.7 Å². The number of nitro groups is 1.